The Morgan fingerprint density at radius 3 is 2.11 bits per heavy atom. The Labute approximate surface area is 160 Å². The van der Waals surface area contributed by atoms with Crippen molar-refractivity contribution < 1.29 is 14.3 Å². The van der Waals surface area contributed by atoms with E-state index in [1.807, 2.05) is 12.1 Å². The van der Waals surface area contributed by atoms with Crippen LogP contribution >= 0.6 is 0 Å². The van der Waals surface area contributed by atoms with Gasteiger partial charge in [0.05, 0.1) is 0 Å². The second kappa shape index (κ2) is 10.3. The topological polar surface area (TPSA) is 84.7 Å². The van der Waals surface area contributed by atoms with Gasteiger partial charge < -0.3 is 15.8 Å². The number of carbonyl (C=O) groups excluding carboxylic acids is 2. The molecule has 27 heavy (non-hydrogen) atoms. The zero-order valence-corrected chi connectivity index (χ0v) is 15.9. The lowest BCUT2D eigenvalue weighted by Crippen LogP contribution is -2.23. The van der Waals surface area contributed by atoms with E-state index in [0.717, 1.165) is 25.2 Å². The van der Waals surface area contributed by atoms with Gasteiger partial charge in [0.25, 0.3) is 11.8 Å². The number of amides is 2. The van der Waals surface area contributed by atoms with Gasteiger partial charge in [0.1, 0.15) is 5.75 Å². The highest BCUT2D eigenvalue weighted by Crippen LogP contribution is 2.12. The monoisotopic (exact) mass is 369 g/mol. The van der Waals surface area contributed by atoms with Crippen LogP contribution in [0.1, 0.15) is 35.3 Å². The highest BCUT2D eigenvalue weighted by atomic mass is 16.5. The van der Waals surface area contributed by atoms with Crippen LogP contribution in [0, 0.1) is 0 Å². The van der Waals surface area contributed by atoms with Crippen LogP contribution in [0.15, 0.2) is 48.5 Å². The number of benzene rings is 2. The first-order valence-electron chi connectivity index (χ1n) is 9.11. The highest BCUT2D eigenvalue weighted by Gasteiger charge is 2.07. The van der Waals surface area contributed by atoms with Crippen LogP contribution in [-0.2, 0) is 17.9 Å². The van der Waals surface area contributed by atoms with Crippen molar-refractivity contribution in [3.05, 3.63) is 65.2 Å². The summed E-state index contributed by atoms with van der Waals surface area (Å²) in [6, 6.07) is 14.9. The molecule has 0 radical (unpaired) electrons. The molecule has 3 N–H and O–H groups in total. The van der Waals surface area contributed by atoms with Crippen LogP contribution in [0.25, 0.3) is 0 Å². The Morgan fingerprint density at radius 1 is 0.963 bits per heavy atom. The van der Waals surface area contributed by atoms with Gasteiger partial charge in [0, 0.05) is 18.7 Å². The maximum absolute atomic E-state index is 12.3. The summed E-state index contributed by atoms with van der Waals surface area (Å²) in [7, 11) is 0. The minimum absolute atomic E-state index is 0.163. The zero-order chi connectivity index (χ0) is 19.6. The first kappa shape index (κ1) is 20.5. The highest BCUT2D eigenvalue weighted by molar-refractivity contribution is 5.94. The van der Waals surface area contributed by atoms with E-state index in [1.54, 1.807) is 24.3 Å². The molecule has 0 heterocycles. The summed E-state index contributed by atoms with van der Waals surface area (Å²) >= 11 is 0. The molecule has 0 saturated carbocycles. The first-order valence-corrected chi connectivity index (χ1v) is 9.11. The summed E-state index contributed by atoms with van der Waals surface area (Å²) < 4.78 is 5.18. The van der Waals surface area contributed by atoms with Crippen LogP contribution in [0.5, 0.6) is 5.75 Å². The number of nitrogens with one attached hydrogen (secondary N) is 1. The standard InChI is InChI=1S/C21H27N3O3/c1-3-24(4-2)14-17-7-5-16(6-8-17)13-23-21(26)18-9-11-19(12-10-18)27-15-20(22)25/h5-12H,3-4,13-15H2,1-2H3,(H2,22,25)(H,23,26). The molecule has 144 valence electrons. The third kappa shape index (κ3) is 6.75. The number of rotatable bonds is 10. The lowest BCUT2D eigenvalue weighted by molar-refractivity contribution is -0.119. The van der Waals surface area contributed by atoms with E-state index >= 15 is 0 Å². The van der Waals surface area contributed by atoms with Gasteiger partial charge in [-0.25, -0.2) is 0 Å². The molecule has 2 aromatic carbocycles. The van der Waals surface area contributed by atoms with E-state index in [1.165, 1.54) is 5.56 Å². The molecule has 0 bridgehead atoms. The fourth-order valence-electron chi connectivity index (χ4n) is 2.61. The fourth-order valence-corrected chi connectivity index (χ4v) is 2.61. The molecule has 0 unspecified atom stereocenters. The van der Waals surface area contributed by atoms with Gasteiger partial charge in [-0.2, -0.15) is 0 Å². The maximum atomic E-state index is 12.3. The second-order valence-corrected chi connectivity index (χ2v) is 6.24. The number of nitrogens with two attached hydrogens (primary N) is 1. The van der Waals surface area contributed by atoms with E-state index < -0.39 is 5.91 Å². The molecule has 0 aromatic heterocycles. The lowest BCUT2D eigenvalue weighted by Gasteiger charge is -2.18. The van der Waals surface area contributed by atoms with Gasteiger partial charge in [-0.05, 0) is 48.5 Å². The van der Waals surface area contributed by atoms with Crippen molar-refractivity contribution >= 4 is 11.8 Å². The number of hydrogen-bond acceptors (Lipinski definition) is 4. The minimum atomic E-state index is -0.542. The van der Waals surface area contributed by atoms with Crippen LogP contribution in [0.3, 0.4) is 0 Å². The van der Waals surface area contributed by atoms with E-state index in [9.17, 15) is 9.59 Å². The number of hydrogen-bond donors (Lipinski definition) is 2. The second-order valence-electron chi connectivity index (χ2n) is 6.24. The third-order valence-corrected chi connectivity index (χ3v) is 4.27. The van der Waals surface area contributed by atoms with Crippen LogP contribution in [0.4, 0.5) is 0 Å². The fraction of sp³-hybridized carbons (Fsp3) is 0.333. The molecule has 0 saturated heterocycles. The molecule has 0 aliphatic rings. The van der Waals surface area contributed by atoms with Crippen molar-refractivity contribution in [1.29, 1.82) is 0 Å². The van der Waals surface area contributed by atoms with Crippen molar-refractivity contribution in [3.63, 3.8) is 0 Å². The molecule has 0 atom stereocenters. The number of carbonyl (C=O) groups is 2. The number of nitrogens with zero attached hydrogens (tertiary/aromatic N) is 1. The molecular formula is C21H27N3O3. The van der Waals surface area contributed by atoms with Gasteiger partial charge >= 0.3 is 0 Å². The average molecular weight is 369 g/mol. The third-order valence-electron chi connectivity index (χ3n) is 4.27. The predicted molar refractivity (Wildman–Crippen MR) is 105 cm³/mol. The molecule has 0 aliphatic carbocycles. The molecule has 6 nitrogen and oxygen atoms in total. The van der Waals surface area contributed by atoms with Crippen LogP contribution in [-0.4, -0.2) is 36.4 Å². The largest absolute Gasteiger partial charge is 0.484 e. The van der Waals surface area contributed by atoms with Crippen molar-refractivity contribution in [2.75, 3.05) is 19.7 Å². The average Bonchev–Trinajstić information content (AvgIpc) is 2.70. The predicted octanol–water partition coefficient (Wildman–Crippen LogP) is 2.32. The van der Waals surface area contributed by atoms with Crippen molar-refractivity contribution in [2.24, 2.45) is 5.73 Å². The van der Waals surface area contributed by atoms with E-state index in [4.69, 9.17) is 10.5 Å². The van der Waals surface area contributed by atoms with Crippen molar-refractivity contribution in [3.8, 4) is 5.75 Å². The molecule has 0 aliphatic heterocycles. The Bertz CT molecular complexity index is 738. The minimum Gasteiger partial charge on any atom is -0.484 e. The van der Waals surface area contributed by atoms with Gasteiger partial charge in [-0.1, -0.05) is 38.1 Å². The van der Waals surface area contributed by atoms with E-state index in [0.29, 0.717) is 17.9 Å². The van der Waals surface area contributed by atoms with Crippen molar-refractivity contribution in [2.45, 2.75) is 26.9 Å². The quantitative estimate of drug-likeness (QED) is 0.673. The molecule has 2 aromatic rings. The normalized spacial score (nSPS) is 10.6. The molecule has 0 spiro atoms. The van der Waals surface area contributed by atoms with E-state index in [2.05, 4.69) is 36.2 Å². The lowest BCUT2D eigenvalue weighted by atomic mass is 10.1. The Balaban J connectivity index is 1.85. The van der Waals surface area contributed by atoms with Gasteiger partial charge in [0.2, 0.25) is 0 Å². The molecular weight excluding hydrogens is 342 g/mol. The van der Waals surface area contributed by atoms with E-state index in [-0.39, 0.29) is 12.5 Å². The van der Waals surface area contributed by atoms with Gasteiger partial charge in [0.15, 0.2) is 6.61 Å². The van der Waals surface area contributed by atoms with Gasteiger partial charge in [-0.15, -0.1) is 0 Å². The number of ether oxygens (including phenoxy) is 1. The molecule has 0 fully saturated rings. The summed E-state index contributed by atoms with van der Waals surface area (Å²) in [5.74, 6) is -0.210. The summed E-state index contributed by atoms with van der Waals surface area (Å²) in [4.78, 5) is 25.3. The first-order chi connectivity index (χ1) is 13.0. The summed E-state index contributed by atoms with van der Waals surface area (Å²) in [6.07, 6.45) is 0. The smallest absolute Gasteiger partial charge is 0.255 e. The summed E-state index contributed by atoms with van der Waals surface area (Å²) in [6.45, 7) is 7.58. The Morgan fingerprint density at radius 2 is 1.56 bits per heavy atom. The van der Waals surface area contributed by atoms with Gasteiger partial charge in [-0.3, -0.25) is 14.5 Å². The maximum Gasteiger partial charge on any atom is 0.255 e. The molecule has 2 rings (SSSR count). The van der Waals surface area contributed by atoms with Crippen LogP contribution in [0.2, 0.25) is 0 Å². The molecule has 6 heteroatoms. The Kier molecular flexibility index (Phi) is 7.82. The zero-order valence-electron chi connectivity index (χ0n) is 15.9. The SMILES string of the molecule is CCN(CC)Cc1ccc(CNC(=O)c2ccc(OCC(N)=O)cc2)cc1. The number of primary amides is 1. The summed E-state index contributed by atoms with van der Waals surface area (Å²) in [5, 5.41) is 2.90. The summed E-state index contributed by atoms with van der Waals surface area (Å²) in [5.41, 5.74) is 7.87. The van der Waals surface area contributed by atoms with Crippen molar-refractivity contribution in [1.82, 2.24) is 10.2 Å². The Hall–Kier alpha value is -2.86. The molecule has 2 amide bonds. The van der Waals surface area contributed by atoms with Crippen LogP contribution < -0.4 is 15.8 Å².